The van der Waals surface area contributed by atoms with Gasteiger partial charge in [0, 0.05) is 13.1 Å². The van der Waals surface area contributed by atoms with E-state index in [2.05, 4.69) is 30.8 Å². The number of H-pyrrole nitrogens is 1. The summed E-state index contributed by atoms with van der Waals surface area (Å²) in [5.74, 6) is 2.49. The molecule has 0 aliphatic heterocycles. The fourth-order valence-electron chi connectivity index (χ4n) is 2.33. The molecule has 0 radical (unpaired) electrons. The third-order valence-corrected chi connectivity index (χ3v) is 3.61. The molecule has 0 saturated carbocycles. The number of aromatic amines is 1. The minimum absolute atomic E-state index is 0.179. The molecule has 142 valence electrons. The number of aromatic nitrogens is 3. The third kappa shape index (κ3) is 5.30. The average molecular weight is 372 g/mol. The van der Waals surface area contributed by atoms with Crippen LogP contribution in [0.3, 0.4) is 0 Å². The van der Waals surface area contributed by atoms with Crippen LogP contribution in [0.25, 0.3) is 11.6 Å². The lowest BCUT2D eigenvalue weighted by molar-refractivity contribution is 0.223. The second-order valence-electron chi connectivity index (χ2n) is 5.78. The van der Waals surface area contributed by atoms with Crippen LogP contribution >= 0.6 is 0 Å². The third-order valence-electron chi connectivity index (χ3n) is 3.61. The molecule has 27 heavy (non-hydrogen) atoms. The van der Waals surface area contributed by atoms with Crippen LogP contribution < -0.4 is 15.4 Å². The first-order valence-electron chi connectivity index (χ1n) is 8.46. The molecular weight excluding hydrogens is 351 g/mol. The van der Waals surface area contributed by atoms with E-state index in [0.29, 0.717) is 42.2 Å². The first kappa shape index (κ1) is 18.4. The number of halogens is 1. The second-order valence-corrected chi connectivity index (χ2v) is 5.78. The Kier molecular flexibility index (Phi) is 6.03. The van der Waals surface area contributed by atoms with Gasteiger partial charge in [0.15, 0.2) is 11.7 Å². The van der Waals surface area contributed by atoms with Crippen LogP contribution in [0.15, 0.2) is 52.1 Å². The number of guanidine groups is 1. The molecular formula is C18H21FN6O2. The van der Waals surface area contributed by atoms with E-state index >= 15 is 0 Å². The fourth-order valence-corrected chi connectivity index (χ4v) is 2.33. The number of aliphatic imine (C=N–C) groups is 1. The highest BCUT2D eigenvalue weighted by Crippen LogP contribution is 2.14. The van der Waals surface area contributed by atoms with E-state index in [1.165, 1.54) is 12.1 Å². The van der Waals surface area contributed by atoms with Crippen molar-refractivity contribution in [1.29, 1.82) is 0 Å². The Morgan fingerprint density at radius 3 is 2.96 bits per heavy atom. The first-order valence-corrected chi connectivity index (χ1v) is 8.46. The maximum absolute atomic E-state index is 13.2. The van der Waals surface area contributed by atoms with Gasteiger partial charge in [0.1, 0.15) is 23.5 Å². The molecule has 1 atom stereocenters. The van der Waals surface area contributed by atoms with E-state index in [9.17, 15) is 4.39 Å². The van der Waals surface area contributed by atoms with Gasteiger partial charge in [0.25, 0.3) is 0 Å². The summed E-state index contributed by atoms with van der Waals surface area (Å²) < 4.78 is 24.1. The summed E-state index contributed by atoms with van der Waals surface area (Å²) in [6.07, 6.45) is 1.39. The number of nitrogens with zero attached hydrogens (tertiary/aromatic N) is 3. The van der Waals surface area contributed by atoms with Gasteiger partial charge in [-0.05, 0) is 31.2 Å². The number of hydrogen-bond acceptors (Lipinski definition) is 5. The summed E-state index contributed by atoms with van der Waals surface area (Å²) in [7, 11) is 1.67. The lowest BCUT2D eigenvalue weighted by Crippen LogP contribution is -2.41. The molecule has 0 spiro atoms. The molecule has 0 fully saturated rings. The van der Waals surface area contributed by atoms with Crippen molar-refractivity contribution in [3.63, 3.8) is 0 Å². The van der Waals surface area contributed by atoms with E-state index in [0.717, 1.165) is 0 Å². The van der Waals surface area contributed by atoms with Crippen LogP contribution in [0.4, 0.5) is 4.39 Å². The van der Waals surface area contributed by atoms with Crippen LogP contribution in [-0.2, 0) is 6.54 Å². The zero-order chi connectivity index (χ0) is 19.1. The summed E-state index contributed by atoms with van der Waals surface area (Å²) in [6.45, 7) is 2.79. The van der Waals surface area contributed by atoms with E-state index in [1.807, 2.05) is 6.92 Å². The minimum atomic E-state index is -0.328. The van der Waals surface area contributed by atoms with Gasteiger partial charge in [-0.2, -0.15) is 0 Å². The number of hydrogen-bond donors (Lipinski definition) is 3. The maximum atomic E-state index is 13.2. The van der Waals surface area contributed by atoms with Gasteiger partial charge in [-0.25, -0.2) is 9.37 Å². The number of benzene rings is 1. The van der Waals surface area contributed by atoms with Crippen molar-refractivity contribution in [1.82, 2.24) is 25.8 Å². The van der Waals surface area contributed by atoms with Crippen LogP contribution in [0.2, 0.25) is 0 Å². The molecule has 3 N–H and O–H groups in total. The highest BCUT2D eigenvalue weighted by Gasteiger charge is 2.10. The van der Waals surface area contributed by atoms with E-state index < -0.39 is 0 Å². The van der Waals surface area contributed by atoms with Crippen molar-refractivity contribution in [2.75, 3.05) is 13.6 Å². The standard InChI is InChI=1S/C18H21FN6O2/c1-12(27-14-6-3-5-13(19)9-14)10-21-18(20-2)22-11-16-23-17(25-24-16)15-7-4-8-26-15/h3-9,12H,10-11H2,1-2H3,(H2,20,21,22)(H,23,24,25). The van der Waals surface area contributed by atoms with Crippen LogP contribution in [0.1, 0.15) is 12.7 Å². The zero-order valence-corrected chi connectivity index (χ0v) is 15.1. The van der Waals surface area contributed by atoms with Crippen molar-refractivity contribution in [2.24, 2.45) is 4.99 Å². The Bertz CT molecular complexity index is 878. The summed E-state index contributed by atoms with van der Waals surface area (Å²) in [4.78, 5) is 8.50. The SMILES string of the molecule is CN=C(NCc1nc(-c2ccco2)n[nH]1)NCC(C)Oc1cccc(F)c1. The molecule has 0 saturated heterocycles. The molecule has 1 unspecified atom stereocenters. The van der Waals surface area contributed by atoms with Crippen LogP contribution in [0, 0.1) is 5.82 Å². The largest absolute Gasteiger partial charge is 0.489 e. The normalized spacial score (nSPS) is 12.6. The molecule has 9 heteroatoms. The Hall–Kier alpha value is -3.36. The van der Waals surface area contributed by atoms with Crippen molar-refractivity contribution in [3.8, 4) is 17.3 Å². The predicted molar refractivity (Wildman–Crippen MR) is 98.8 cm³/mol. The highest BCUT2D eigenvalue weighted by molar-refractivity contribution is 5.79. The molecule has 0 aliphatic carbocycles. The lowest BCUT2D eigenvalue weighted by Gasteiger charge is -2.17. The molecule has 2 aromatic heterocycles. The van der Waals surface area contributed by atoms with Gasteiger partial charge in [-0.15, -0.1) is 5.10 Å². The quantitative estimate of drug-likeness (QED) is 0.435. The molecule has 0 bridgehead atoms. The minimum Gasteiger partial charge on any atom is -0.489 e. The van der Waals surface area contributed by atoms with Crippen molar-refractivity contribution in [2.45, 2.75) is 19.6 Å². The molecule has 3 aromatic rings. The molecule has 0 amide bonds. The van der Waals surface area contributed by atoms with Crippen molar-refractivity contribution < 1.29 is 13.5 Å². The van der Waals surface area contributed by atoms with Gasteiger partial charge in [0.2, 0.25) is 5.82 Å². The van der Waals surface area contributed by atoms with Gasteiger partial charge in [-0.3, -0.25) is 10.1 Å². The van der Waals surface area contributed by atoms with E-state index in [-0.39, 0.29) is 11.9 Å². The predicted octanol–water partition coefficient (Wildman–Crippen LogP) is 2.34. The van der Waals surface area contributed by atoms with Gasteiger partial charge < -0.3 is 19.8 Å². The molecule has 8 nitrogen and oxygen atoms in total. The molecule has 1 aromatic carbocycles. The van der Waals surface area contributed by atoms with E-state index in [4.69, 9.17) is 9.15 Å². The Morgan fingerprint density at radius 2 is 2.22 bits per heavy atom. The Balaban J connectivity index is 1.45. The van der Waals surface area contributed by atoms with Gasteiger partial charge >= 0.3 is 0 Å². The summed E-state index contributed by atoms with van der Waals surface area (Å²) in [6, 6.07) is 9.63. The Morgan fingerprint density at radius 1 is 1.33 bits per heavy atom. The van der Waals surface area contributed by atoms with Gasteiger partial charge in [-0.1, -0.05) is 6.07 Å². The van der Waals surface area contributed by atoms with Crippen LogP contribution in [0.5, 0.6) is 5.75 Å². The molecule has 3 rings (SSSR count). The lowest BCUT2D eigenvalue weighted by atomic mass is 10.3. The van der Waals surface area contributed by atoms with E-state index in [1.54, 1.807) is 37.6 Å². The summed E-state index contributed by atoms with van der Waals surface area (Å²) >= 11 is 0. The maximum Gasteiger partial charge on any atom is 0.216 e. The number of ether oxygens (including phenoxy) is 1. The number of rotatable bonds is 7. The average Bonchev–Trinajstić information content (AvgIpc) is 3.33. The number of furan rings is 1. The van der Waals surface area contributed by atoms with Crippen LogP contribution in [-0.4, -0.2) is 40.8 Å². The number of nitrogens with one attached hydrogen (secondary N) is 3. The molecule has 2 heterocycles. The topological polar surface area (TPSA) is 100 Å². The smallest absolute Gasteiger partial charge is 0.216 e. The summed E-state index contributed by atoms with van der Waals surface area (Å²) in [5, 5.41) is 13.2. The monoisotopic (exact) mass is 372 g/mol. The summed E-state index contributed by atoms with van der Waals surface area (Å²) in [5.41, 5.74) is 0. The Labute approximate surface area is 155 Å². The fraction of sp³-hybridized carbons (Fsp3) is 0.278. The van der Waals surface area contributed by atoms with Crippen molar-refractivity contribution in [3.05, 3.63) is 54.3 Å². The molecule has 0 aliphatic rings. The van der Waals surface area contributed by atoms with Crippen molar-refractivity contribution >= 4 is 5.96 Å². The zero-order valence-electron chi connectivity index (χ0n) is 15.1. The highest BCUT2D eigenvalue weighted by atomic mass is 19.1. The van der Waals surface area contributed by atoms with Gasteiger partial charge in [0.05, 0.1) is 19.4 Å². The second kappa shape index (κ2) is 8.84. The first-order chi connectivity index (χ1) is 13.1.